The first-order valence-electron chi connectivity index (χ1n) is 11.3. The normalized spacial score (nSPS) is 19.5. The van der Waals surface area contributed by atoms with E-state index in [9.17, 15) is 9.90 Å². The van der Waals surface area contributed by atoms with Crippen molar-refractivity contribution in [2.24, 2.45) is 5.92 Å². The number of carboxylic acid groups (broad SMARTS) is 1. The second-order valence-electron chi connectivity index (χ2n) is 8.90. The average molecular weight is 434 g/mol. The van der Waals surface area contributed by atoms with Crippen molar-refractivity contribution < 1.29 is 14.6 Å². The van der Waals surface area contributed by atoms with Gasteiger partial charge in [-0.25, -0.2) is 9.97 Å². The number of aliphatic carboxylic acids is 1. The highest BCUT2D eigenvalue weighted by Crippen LogP contribution is 2.42. The summed E-state index contributed by atoms with van der Waals surface area (Å²) < 4.78 is 5.73. The first kappa shape index (κ1) is 22.1. The van der Waals surface area contributed by atoms with Gasteiger partial charge in [-0.05, 0) is 69.6 Å². The van der Waals surface area contributed by atoms with Gasteiger partial charge in [0.25, 0.3) is 0 Å². The third-order valence-corrected chi connectivity index (χ3v) is 6.57. The van der Waals surface area contributed by atoms with E-state index in [0.29, 0.717) is 18.7 Å². The number of hydrogen-bond donors (Lipinski definition) is 2. The number of aromatic nitrogens is 2. The van der Waals surface area contributed by atoms with Gasteiger partial charge in [-0.15, -0.1) is 0 Å². The number of benzene rings is 2. The molecule has 0 radical (unpaired) electrons. The van der Waals surface area contributed by atoms with Crippen molar-refractivity contribution in [3.05, 3.63) is 58.9 Å². The lowest BCUT2D eigenvalue weighted by molar-refractivity contribution is -0.142. The zero-order valence-electron chi connectivity index (χ0n) is 19.2. The predicted molar refractivity (Wildman–Crippen MR) is 126 cm³/mol. The number of nitrogens with zero attached hydrogens (tertiary/aromatic N) is 2. The molecule has 1 atom stereocenters. The lowest BCUT2D eigenvalue weighted by Crippen LogP contribution is -2.20. The molecule has 168 valence electrons. The number of carbonyl (C=O) groups is 1. The number of fused-ring (bicyclic) bond motifs is 1. The molecule has 4 rings (SSSR count). The molecule has 1 aliphatic rings. The van der Waals surface area contributed by atoms with Gasteiger partial charge in [-0.2, -0.15) is 0 Å². The molecule has 1 aliphatic carbocycles. The highest BCUT2D eigenvalue weighted by atomic mass is 16.5. The van der Waals surface area contributed by atoms with Gasteiger partial charge >= 0.3 is 5.97 Å². The zero-order valence-corrected chi connectivity index (χ0v) is 19.2. The summed E-state index contributed by atoms with van der Waals surface area (Å²) in [6.07, 6.45) is 3.07. The van der Waals surface area contributed by atoms with E-state index in [0.717, 1.165) is 40.9 Å². The lowest BCUT2D eigenvalue weighted by Gasteiger charge is -2.28. The zero-order chi connectivity index (χ0) is 22.8. The van der Waals surface area contributed by atoms with Crippen LogP contribution in [0.4, 0.5) is 5.82 Å². The molecule has 1 saturated carbocycles. The molecule has 3 aromatic rings. The Hall–Kier alpha value is -3.15. The van der Waals surface area contributed by atoms with Crippen LogP contribution in [0.3, 0.4) is 0 Å². The monoisotopic (exact) mass is 433 g/mol. The first-order valence-corrected chi connectivity index (χ1v) is 11.3. The second kappa shape index (κ2) is 9.15. The molecule has 0 saturated heterocycles. The Labute approximate surface area is 189 Å². The number of methoxy groups -OCH3 is 1. The average Bonchev–Trinajstić information content (AvgIpc) is 2.78. The van der Waals surface area contributed by atoms with Crippen LogP contribution in [0.1, 0.15) is 67.1 Å². The molecule has 0 unspecified atom stereocenters. The molecular formula is C26H31N3O3. The van der Waals surface area contributed by atoms with Gasteiger partial charge in [-0.3, -0.25) is 4.79 Å². The number of anilines is 1. The number of hydrogen-bond acceptors (Lipinski definition) is 5. The van der Waals surface area contributed by atoms with Crippen LogP contribution in [0.25, 0.3) is 10.9 Å². The van der Waals surface area contributed by atoms with Crippen molar-refractivity contribution in [1.29, 1.82) is 0 Å². The van der Waals surface area contributed by atoms with E-state index in [4.69, 9.17) is 9.72 Å². The van der Waals surface area contributed by atoms with Crippen LogP contribution >= 0.6 is 0 Å². The van der Waals surface area contributed by atoms with E-state index in [-0.39, 0.29) is 17.9 Å². The molecule has 1 aromatic heterocycles. The van der Waals surface area contributed by atoms with Crippen molar-refractivity contribution in [3.63, 3.8) is 0 Å². The summed E-state index contributed by atoms with van der Waals surface area (Å²) in [4.78, 5) is 20.7. The minimum Gasteiger partial charge on any atom is -0.496 e. The Morgan fingerprint density at radius 3 is 2.53 bits per heavy atom. The van der Waals surface area contributed by atoms with Gasteiger partial charge in [0, 0.05) is 17.5 Å². The van der Waals surface area contributed by atoms with E-state index >= 15 is 0 Å². The molecule has 0 amide bonds. The molecule has 2 N–H and O–H groups in total. The van der Waals surface area contributed by atoms with Crippen molar-refractivity contribution in [2.45, 2.75) is 58.4 Å². The fourth-order valence-electron chi connectivity index (χ4n) is 4.77. The van der Waals surface area contributed by atoms with Gasteiger partial charge in [0.1, 0.15) is 17.4 Å². The van der Waals surface area contributed by atoms with Crippen molar-refractivity contribution in [1.82, 2.24) is 9.97 Å². The highest BCUT2D eigenvalue weighted by molar-refractivity contribution is 5.91. The topological polar surface area (TPSA) is 84.3 Å². The summed E-state index contributed by atoms with van der Waals surface area (Å²) >= 11 is 0. The summed E-state index contributed by atoms with van der Waals surface area (Å²) in [5.41, 5.74) is 4.39. The molecule has 6 nitrogen and oxygen atoms in total. The molecule has 32 heavy (non-hydrogen) atoms. The lowest BCUT2D eigenvalue weighted by atomic mass is 9.78. The summed E-state index contributed by atoms with van der Waals surface area (Å²) in [6, 6.07) is 12.7. The summed E-state index contributed by atoms with van der Waals surface area (Å²) in [5, 5.41) is 13.9. The minimum atomic E-state index is -0.686. The molecule has 2 aromatic carbocycles. The Morgan fingerprint density at radius 2 is 1.88 bits per heavy atom. The van der Waals surface area contributed by atoms with Crippen LogP contribution in [-0.4, -0.2) is 28.2 Å². The Balaban J connectivity index is 1.70. The molecule has 0 aliphatic heterocycles. The van der Waals surface area contributed by atoms with Crippen LogP contribution in [0.15, 0.2) is 36.4 Å². The maximum atomic E-state index is 11.4. The van der Waals surface area contributed by atoms with Crippen molar-refractivity contribution >= 4 is 22.7 Å². The molecule has 0 spiro atoms. The second-order valence-corrected chi connectivity index (χ2v) is 8.90. The van der Waals surface area contributed by atoms with E-state index in [1.54, 1.807) is 7.11 Å². The van der Waals surface area contributed by atoms with Gasteiger partial charge in [0.15, 0.2) is 0 Å². The van der Waals surface area contributed by atoms with Crippen LogP contribution in [-0.2, 0) is 4.79 Å². The molecular weight excluding hydrogens is 402 g/mol. The highest BCUT2D eigenvalue weighted by Gasteiger charge is 2.29. The number of aryl methyl sites for hydroxylation is 2. The number of nitrogens with one attached hydrogen (secondary N) is 1. The standard InChI is InChI=1S/C26H31N3O3/c1-15-6-5-7-20(12-15)16(2)27-25-22-13-21(18-8-10-19(11-9-18)26(30)31)24(32-4)14-23(22)28-17(3)29-25/h5-7,12-14,16,18-19H,8-11H2,1-4H3,(H,30,31)(H,27,28,29)/t16-,18?,19?/m0/s1. The Kier molecular flexibility index (Phi) is 6.31. The van der Waals surface area contributed by atoms with E-state index in [1.165, 1.54) is 11.1 Å². The molecule has 6 heteroatoms. The molecule has 1 heterocycles. The van der Waals surface area contributed by atoms with Crippen LogP contribution in [0, 0.1) is 19.8 Å². The number of rotatable bonds is 6. The smallest absolute Gasteiger partial charge is 0.306 e. The van der Waals surface area contributed by atoms with Gasteiger partial charge < -0.3 is 15.2 Å². The maximum Gasteiger partial charge on any atom is 0.306 e. The van der Waals surface area contributed by atoms with E-state index in [1.807, 2.05) is 13.0 Å². The molecule has 1 fully saturated rings. The van der Waals surface area contributed by atoms with Crippen LogP contribution < -0.4 is 10.1 Å². The summed E-state index contributed by atoms with van der Waals surface area (Å²) in [7, 11) is 1.68. The van der Waals surface area contributed by atoms with Crippen LogP contribution in [0.2, 0.25) is 0 Å². The van der Waals surface area contributed by atoms with Crippen LogP contribution in [0.5, 0.6) is 5.75 Å². The van der Waals surface area contributed by atoms with Gasteiger partial charge in [0.05, 0.1) is 18.5 Å². The SMILES string of the molecule is COc1cc2nc(C)nc(N[C@@H](C)c3cccc(C)c3)c2cc1C1CCC(C(=O)O)CC1. The van der Waals surface area contributed by atoms with Gasteiger partial charge in [-0.1, -0.05) is 29.8 Å². The molecule has 0 bridgehead atoms. The van der Waals surface area contributed by atoms with Gasteiger partial charge in [0.2, 0.25) is 0 Å². The van der Waals surface area contributed by atoms with Crippen molar-refractivity contribution in [3.8, 4) is 5.75 Å². The third-order valence-electron chi connectivity index (χ3n) is 6.57. The van der Waals surface area contributed by atoms with Crippen molar-refractivity contribution in [2.75, 3.05) is 12.4 Å². The summed E-state index contributed by atoms with van der Waals surface area (Å²) in [6.45, 7) is 6.13. The number of ether oxygens (including phenoxy) is 1. The minimum absolute atomic E-state index is 0.0870. The third kappa shape index (κ3) is 4.54. The quantitative estimate of drug-likeness (QED) is 0.512. The van der Waals surface area contributed by atoms with E-state index in [2.05, 4.69) is 54.5 Å². The largest absolute Gasteiger partial charge is 0.496 e. The first-order chi connectivity index (χ1) is 15.4. The predicted octanol–water partition coefficient (Wildman–Crippen LogP) is 5.79. The summed E-state index contributed by atoms with van der Waals surface area (Å²) in [5.74, 6) is 1.67. The number of carboxylic acids is 1. The fraction of sp³-hybridized carbons (Fsp3) is 0.423. The fourth-order valence-corrected chi connectivity index (χ4v) is 4.77. The van der Waals surface area contributed by atoms with E-state index < -0.39 is 5.97 Å². The Morgan fingerprint density at radius 1 is 1.12 bits per heavy atom. The maximum absolute atomic E-state index is 11.4. The Bertz CT molecular complexity index is 1140.